The fourth-order valence-corrected chi connectivity index (χ4v) is 3.21. The van der Waals surface area contributed by atoms with Gasteiger partial charge >= 0.3 is 0 Å². The van der Waals surface area contributed by atoms with Gasteiger partial charge in [-0.2, -0.15) is 0 Å². The quantitative estimate of drug-likeness (QED) is 0.470. The molecule has 0 spiro atoms. The van der Waals surface area contributed by atoms with E-state index in [2.05, 4.69) is 0 Å². The van der Waals surface area contributed by atoms with Gasteiger partial charge in [-0.25, -0.2) is 0 Å². The molecular weight excluding hydrogens is 326 g/mol. The molecule has 1 saturated heterocycles. The topological polar surface area (TPSA) is 110 Å². The van der Waals surface area contributed by atoms with Crippen LogP contribution in [0.15, 0.2) is 18.2 Å². The first-order chi connectivity index (χ1) is 12.0. The summed E-state index contributed by atoms with van der Waals surface area (Å²) in [4.78, 5) is 52.0. The number of nitrogens with two attached hydrogens (primary N) is 1. The molecule has 2 heterocycles. The first kappa shape index (κ1) is 17.1. The molecule has 132 valence electrons. The van der Waals surface area contributed by atoms with Crippen LogP contribution in [0.3, 0.4) is 0 Å². The second kappa shape index (κ2) is 6.64. The maximum Gasteiger partial charge on any atom is 0.264 e. The lowest BCUT2D eigenvalue weighted by Gasteiger charge is -2.34. The number of nitrogens with zero attached hydrogens (tertiary/aromatic N) is 2. The van der Waals surface area contributed by atoms with Gasteiger partial charge in [-0.1, -0.05) is 6.07 Å². The molecule has 0 aliphatic carbocycles. The lowest BCUT2D eigenvalue weighted by Crippen LogP contribution is -2.56. The van der Waals surface area contributed by atoms with Gasteiger partial charge < -0.3 is 10.5 Å². The van der Waals surface area contributed by atoms with Crippen LogP contribution in [-0.2, 0) is 14.3 Å². The average molecular weight is 345 g/mol. The van der Waals surface area contributed by atoms with Crippen molar-refractivity contribution in [2.45, 2.75) is 25.8 Å². The number of amides is 4. The van der Waals surface area contributed by atoms with Crippen LogP contribution in [0.25, 0.3) is 0 Å². The number of carbonyl (C=O) groups is 4. The maximum atomic E-state index is 12.7. The van der Waals surface area contributed by atoms with E-state index < -0.39 is 23.8 Å². The van der Waals surface area contributed by atoms with Crippen LogP contribution >= 0.6 is 0 Å². The van der Waals surface area contributed by atoms with Crippen molar-refractivity contribution < 1.29 is 23.9 Å². The highest BCUT2D eigenvalue weighted by Gasteiger charge is 2.47. The third kappa shape index (κ3) is 2.78. The second-order valence-corrected chi connectivity index (χ2v) is 5.89. The van der Waals surface area contributed by atoms with Gasteiger partial charge in [-0.15, -0.1) is 0 Å². The molecule has 1 atom stereocenters. The van der Waals surface area contributed by atoms with Gasteiger partial charge in [0.15, 0.2) is 0 Å². The molecule has 8 nitrogen and oxygen atoms in total. The van der Waals surface area contributed by atoms with Gasteiger partial charge in [0.1, 0.15) is 6.04 Å². The number of ether oxygens (including phenoxy) is 1. The molecule has 2 N–H and O–H groups in total. The van der Waals surface area contributed by atoms with E-state index in [1.165, 1.54) is 12.1 Å². The Hall–Kier alpha value is -2.74. The number of carbonyl (C=O) groups excluding carboxylic acids is 4. The number of nitrogen functional groups attached to an aromatic ring is 1. The van der Waals surface area contributed by atoms with E-state index in [1.54, 1.807) is 6.07 Å². The van der Waals surface area contributed by atoms with Crippen molar-refractivity contribution in [3.05, 3.63) is 29.3 Å². The zero-order valence-electron chi connectivity index (χ0n) is 13.9. The number of rotatable bonds is 5. The molecule has 8 heteroatoms. The number of benzene rings is 1. The minimum Gasteiger partial charge on any atom is -0.398 e. The fraction of sp³-hybridized carbons (Fsp3) is 0.412. The van der Waals surface area contributed by atoms with Crippen LogP contribution in [-0.4, -0.2) is 59.2 Å². The van der Waals surface area contributed by atoms with Gasteiger partial charge in [-0.05, 0) is 25.5 Å². The molecule has 3 rings (SSSR count). The van der Waals surface area contributed by atoms with Crippen molar-refractivity contribution in [2.24, 2.45) is 0 Å². The van der Waals surface area contributed by atoms with Crippen molar-refractivity contribution >= 4 is 29.3 Å². The van der Waals surface area contributed by atoms with Gasteiger partial charge in [0.05, 0.1) is 24.3 Å². The second-order valence-electron chi connectivity index (χ2n) is 5.89. The molecule has 2 aliphatic heterocycles. The molecule has 2 aliphatic rings. The van der Waals surface area contributed by atoms with Crippen LogP contribution in [0.2, 0.25) is 0 Å². The van der Waals surface area contributed by atoms with Crippen LogP contribution in [0.5, 0.6) is 0 Å². The van der Waals surface area contributed by atoms with Gasteiger partial charge in [0, 0.05) is 18.7 Å². The van der Waals surface area contributed by atoms with Crippen molar-refractivity contribution in [3.63, 3.8) is 0 Å². The summed E-state index contributed by atoms with van der Waals surface area (Å²) < 4.78 is 5.19. The summed E-state index contributed by atoms with van der Waals surface area (Å²) in [5.74, 6) is -2.01. The summed E-state index contributed by atoms with van der Waals surface area (Å²) in [6.45, 7) is 2.60. The molecule has 1 aromatic rings. The number of anilines is 1. The molecule has 0 radical (unpaired) electrons. The average Bonchev–Trinajstić information content (AvgIpc) is 2.84. The van der Waals surface area contributed by atoms with E-state index in [1.807, 2.05) is 6.92 Å². The first-order valence-corrected chi connectivity index (χ1v) is 8.15. The number of imide groups is 2. The van der Waals surface area contributed by atoms with E-state index >= 15 is 0 Å². The number of likely N-dealkylation sites (tertiary alicyclic amines) is 1. The normalized spacial score (nSPS) is 20.4. The molecule has 1 unspecified atom stereocenters. The van der Waals surface area contributed by atoms with Gasteiger partial charge in [-0.3, -0.25) is 29.0 Å². The smallest absolute Gasteiger partial charge is 0.264 e. The van der Waals surface area contributed by atoms with Crippen molar-refractivity contribution in [3.8, 4) is 0 Å². The van der Waals surface area contributed by atoms with Gasteiger partial charge in [0.25, 0.3) is 17.7 Å². The Morgan fingerprint density at radius 2 is 1.96 bits per heavy atom. The van der Waals surface area contributed by atoms with E-state index in [0.717, 1.165) is 9.80 Å². The zero-order chi connectivity index (χ0) is 18.1. The Morgan fingerprint density at radius 1 is 1.20 bits per heavy atom. The molecule has 1 aromatic carbocycles. The predicted molar refractivity (Wildman–Crippen MR) is 87.6 cm³/mol. The van der Waals surface area contributed by atoms with Crippen molar-refractivity contribution in [1.29, 1.82) is 0 Å². The number of fused-ring (bicyclic) bond motifs is 1. The standard InChI is InChI=1S/C17H19N3O5/c1-2-25-9-8-19-13(21)7-6-12(16(19)23)20-15(22)10-4-3-5-11(18)14(10)17(20)24/h3-5,12H,2,6-9,18H2,1H3. The monoisotopic (exact) mass is 345 g/mol. The van der Waals surface area contributed by atoms with Crippen LogP contribution in [0, 0.1) is 0 Å². The highest BCUT2D eigenvalue weighted by Crippen LogP contribution is 2.31. The Morgan fingerprint density at radius 3 is 2.64 bits per heavy atom. The molecular formula is C17H19N3O5. The largest absolute Gasteiger partial charge is 0.398 e. The lowest BCUT2D eigenvalue weighted by molar-refractivity contribution is -0.152. The zero-order valence-corrected chi connectivity index (χ0v) is 13.9. The SMILES string of the molecule is CCOCCN1C(=O)CCC(N2C(=O)c3cccc(N)c3C2=O)C1=O. The van der Waals surface area contributed by atoms with Crippen molar-refractivity contribution in [2.75, 3.05) is 25.5 Å². The first-order valence-electron chi connectivity index (χ1n) is 8.15. The molecule has 4 amide bonds. The van der Waals surface area contributed by atoms with Crippen LogP contribution in [0.4, 0.5) is 5.69 Å². The Kier molecular flexibility index (Phi) is 4.54. The summed E-state index contributed by atoms with van der Waals surface area (Å²) in [7, 11) is 0. The molecule has 25 heavy (non-hydrogen) atoms. The Labute approximate surface area is 144 Å². The summed E-state index contributed by atoms with van der Waals surface area (Å²) in [5, 5.41) is 0. The summed E-state index contributed by atoms with van der Waals surface area (Å²) >= 11 is 0. The number of hydrogen-bond donors (Lipinski definition) is 1. The third-order valence-electron chi connectivity index (χ3n) is 4.44. The Balaban J connectivity index is 1.86. The highest BCUT2D eigenvalue weighted by molar-refractivity contribution is 6.25. The van der Waals surface area contributed by atoms with Gasteiger partial charge in [0.2, 0.25) is 5.91 Å². The third-order valence-corrected chi connectivity index (χ3v) is 4.44. The predicted octanol–water partition coefficient (Wildman–Crippen LogP) is 0.419. The van der Waals surface area contributed by atoms with E-state index in [9.17, 15) is 19.2 Å². The molecule has 0 bridgehead atoms. The lowest BCUT2D eigenvalue weighted by atomic mass is 10.0. The number of piperidine rings is 1. The molecule has 0 saturated carbocycles. The number of hydrogen-bond acceptors (Lipinski definition) is 6. The fourth-order valence-electron chi connectivity index (χ4n) is 3.21. The summed E-state index contributed by atoms with van der Waals surface area (Å²) in [6, 6.07) is 3.64. The highest BCUT2D eigenvalue weighted by atomic mass is 16.5. The van der Waals surface area contributed by atoms with E-state index in [0.29, 0.717) is 6.61 Å². The van der Waals surface area contributed by atoms with E-state index in [-0.39, 0.29) is 48.7 Å². The van der Waals surface area contributed by atoms with E-state index in [4.69, 9.17) is 10.5 Å². The summed E-state index contributed by atoms with van der Waals surface area (Å²) in [5.41, 5.74) is 6.33. The summed E-state index contributed by atoms with van der Waals surface area (Å²) in [6.07, 6.45) is 0.208. The Bertz CT molecular complexity index is 761. The minimum absolute atomic E-state index is 0.0887. The maximum absolute atomic E-state index is 12.7. The van der Waals surface area contributed by atoms with Crippen LogP contribution in [0.1, 0.15) is 40.5 Å². The van der Waals surface area contributed by atoms with Crippen LogP contribution < -0.4 is 5.73 Å². The van der Waals surface area contributed by atoms with Crippen molar-refractivity contribution in [1.82, 2.24) is 9.80 Å². The molecule has 0 aromatic heterocycles. The minimum atomic E-state index is -0.994. The molecule has 1 fully saturated rings.